The van der Waals surface area contributed by atoms with Gasteiger partial charge >= 0.3 is 0 Å². The molecule has 0 aliphatic rings. The number of benzene rings is 1. The van der Waals surface area contributed by atoms with Gasteiger partial charge in [-0.15, -0.1) is 0 Å². The predicted molar refractivity (Wildman–Crippen MR) is 84.4 cm³/mol. The summed E-state index contributed by atoms with van der Waals surface area (Å²) in [6.45, 7) is 10.7. The SMILES string of the molecule is CC(C)Cc1ccc(CCNCCC(C)(C)N)cc1. The second-order valence-corrected chi connectivity index (χ2v) is 6.65. The Morgan fingerprint density at radius 1 is 1.05 bits per heavy atom. The number of nitrogens with one attached hydrogen (secondary N) is 1. The minimum atomic E-state index is -0.0640. The molecule has 0 atom stereocenters. The lowest BCUT2D eigenvalue weighted by atomic mass is 10.0. The first-order valence-corrected chi connectivity index (χ1v) is 7.44. The summed E-state index contributed by atoms with van der Waals surface area (Å²) >= 11 is 0. The van der Waals surface area contributed by atoms with Gasteiger partial charge in [0.15, 0.2) is 0 Å². The van der Waals surface area contributed by atoms with E-state index in [4.69, 9.17) is 5.73 Å². The van der Waals surface area contributed by atoms with Gasteiger partial charge in [0.25, 0.3) is 0 Å². The topological polar surface area (TPSA) is 38.0 Å². The molecule has 2 nitrogen and oxygen atoms in total. The summed E-state index contributed by atoms with van der Waals surface area (Å²) in [6, 6.07) is 9.04. The van der Waals surface area contributed by atoms with Gasteiger partial charge in [-0.2, -0.15) is 0 Å². The van der Waals surface area contributed by atoms with E-state index in [1.165, 1.54) is 17.5 Å². The summed E-state index contributed by atoms with van der Waals surface area (Å²) in [7, 11) is 0. The van der Waals surface area contributed by atoms with Crippen LogP contribution in [-0.4, -0.2) is 18.6 Å². The van der Waals surface area contributed by atoms with Gasteiger partial charge in [0.05, 0.1) is 0 Å². The van der Waals surface area contributed by atoms with Gasteiger partial charge in [0.1, 0.15) is 0 Å². The fraction of sp³-hybridized carbons (Fsp3) is 0.647. The molecular formula is C17H30N2. The van der Waals surface area contributed by atoms with Crippen molar-refractivity contribution >= 4 is 0 Å². The maximum atomic E-state index is 5.95. The highest BCUT2D eigenvalue weighted by molar-refractivity contribution is 5.23. The van der Waals surface area contributed by atoms with Gasteiger partial charge < -0.3 is 11.1 Å². The van der Waals surface area contributed by atoms with Gasteiger partial charge in [0, 0.05) is 5.54 Å². The summed E-state index contributed by atoms with van der Waals surface area (Å²) in [5.74, 6) is 0.729. The van der Waals surface area contributed by atoms with Crippen LogP contribution in [0.25, 0.3) is 0 Å². The lowest BCUT2D eigenvalue weighted by Gasteiger charge is -2.18. The van der Waals surface area contributed by atoms with Gasteiger partial charge in [-0.05, 0) is 63.2 Å². The van der Waals surface area contributed by atoms with Gasteiger partial charge in [-0.1, -0.05) is 38.1 Å². The molecule has 0 spiro atoms. The van der Waals surface area contributed by atoms with Crippen molar-refractivity contribution in [2.45, 2.75) is 52.5 Å². The Bertz CT molecular complexity index is 347. The first-order chi connectivity index (χ1) is 8.87. The highest BCUT2D eigenvalue weighted by Crippen LogP contribution is 2.10. The van der Waals surface area contributed by atoms with Crippen molar-refractivity contribution in [1.82, 2.24) is 5.32 Å². The smallest absolute Gasteiger partial charge is 0.0109 e. The van der Waals surface area contributed by atoms with E-state index in [0.717, 1.165) is 31.8 Å². The third-order valence-electron chi connectivity index (χ3n) is 3.20. The Kier molecular flexibility index (Phi) is 6.53. The minimum Gasteiger partial charge on any atom is -0.326 e. The number of hydrogen-bond donors (Lipinski definition) is 2. The van der Waals surface area contributed by atoms with E-state index in [1.807, 2.05) is 0 Å². The molecule has 2 heteroatoms. The van der Waals surface area contributed by atoms with Crippen LogP contribution in [-0.2, 0) is 12.8 Å². The van der Waals surface area contributed by atoms with Crippen molar-refractivity contribution in [3.8, 4) is 0 Å². The Balaban J connectivity index is 2.23. The van der Waals surface area contributed by atoms with Crippen molar-refractivity contribution in [3.63, 3.8) is 0 Å². The molecule has 0 fully saturated rings. The molecule has 19 heavy (non-hydrogen) atoms. The van der Waals surface area contributed by atoms with E-state index in [0.29, 0.717) is 0 Å². The van der Waals surface area contributed by atoms with Gasteiger partial charge in [-0.25, -0.2) is 0 Å². The van der Waals surface area contributed by atoms with Crippen molar-refractivity contribution in [2.24, 2.45) is 11.7 Å². The third-order valence-corrected chi connectivity index (χ3v) is 3.20. The van der Waals surface area contributed by atoms with Crippen LogP contribution in [0.5, 0.6) is 0 Å². The van der Waals surface area contributed by atoms with E-state index in [2.05, 4.69) is 57.3 Å². The minimum absolute atomic E-state index is 0.0640. The zero-order valence-electron chi connectivity index (χ0n) is 13.0. The molecule has 0 heterocycles. The zero-order chi connectivity index (χ0) is 14.3. The van der Waals surface area contributed by atoms with Crippen LogP contribution in [0.2, 0.25) is 0 Å². The van der Waals surface area contributed by atoms with Crippen molar-refractivity contribution in [1.29, 1.82) is 0 Å². The van der Waals surface area contributed by atoms with Crippen LogP contribution in [0.15, 0.2) is 24.3 Å². The predicted octanol–water partition coefficient (Wildman–Crippen LogP) is 3.14. The molecule has 0 saturated heterocycles. The average molecular weight is 262 g/mol. The van der Waals surface area contributed by atoms with E-state index >= 15 is 0 Å². The molecule has 108 valence electrons. The van der Waals surface area contributed by atoms with E-state index in [1.54, 1.807) is 0 Å². The first kappa shape index (κ1) is 16.2. The van der Waals surface area contributed by atoms with Crippen LogP contribution in [0.3, 0.4) is 0 Å². The maximum absolute atomic E-state index is 5.95. The lowest BCUT2D eigenvalue weighted by Crippen LogP contribution is -2.36. The summed E-state index contributed by atoms with van der Waals surface area (Å²) in [6.07, 6.45) is 3.28. The first-order valence-electron chi connectivity index (χ1n) is 7.44. The molecule has 0 aromatic heterocycles. The van der Waals surface area contributed by atoms with Crippen LogP contribution < -0.4 is 11.1 Å². The molecule has 0 aliphatic heterocycles. The molecule has 0 radical (unpaired) electrons. The summed E-state index contributed by atoms with van der Waals surface area (Å²) in [4.78, 5) is 0. The largest absolute Gasteiger partial charge is 0.326 e. The number of nitrogens with two attached hydrogens (primary N) is 1. The van der Waals surface area contributed by atoms with Crippen LogP contribution in [0.4, 0.5) is 0 Å². The molecule has 0 unspecified atom stereocenters. The number of rotatable bonds is 8. The monoisotopic (exact) mass is 262 g/mol. The van der Waals surface area contributed by atoms with Gasteiger partial charge in [-0.3, -0.25) is 0 Å². The molecule has 0 aliphatic carbocycles. The Hall–Kier alpha value is -0.860. The molecule has 1 aromatic carbocycles. The van der Waals surface area contributed by atoms with Crippen molar-refractivity contribution < 1.29 is 0 Å². The Morgan fingerprint density at radius 3 is 2.16 bits per heavy atom. The molecule has 3 N–H and O–H groups in total. The van der Waals surface area contributed by atoms with Crippen molar-refractivity contribution in [2.75, 3.05) is 13.1 Å². The Morgan fingerprint density at radius 2 is 1.63 bits per heavy atom. The van der Waals surface area contributed by atoms with Crippen LogP contribution >= 0.6 is 0 Å². The highest BCUT2D eigenvalue weighted by atomic mass is 14.9. The summed E-state index contributed by atoms with van der Waals surface area (Å²) in [5.41, 5.74) is 8.73. The molecule has 0 amide bonds. The lowest BCUT2D eigenvalue weighted by molar-refractivity contribution is 0.456. The van der Waals surface area contributed by atoms with E-state index < -0.39 is 0 Å². The van der Waals surface area contributed by atoms with Gasteiger partial charge in [0.2, 0.25) is 0 Å². The fourth-order valence-electron chi connectivity index (χ4n) is 2.08. The normalized spacial score (nSPS) is 12.1. The molecule has 0 bridgehead atoms. The average Bonchev–Trinajstić information content (AvgIpc) is 2.28. The Labute approximate surface area is 118 Å². The molecule has 1 rings (SSSR count). The standard InChI is InChI=1S/C17H30N2/c1-14(2)13-16-7-5-15(6-8-16)9-11-19-12-10-17(3,4)18/h5-8,14,19H,9-13,18H2,1-4H3. The molecule has 0 saturated carbocycles. The summed E-state index contributed by atoms with van der Waals surface area (Å²) in [5, 5.41) is 3.46. The summed E-state index contributed by atoms with van der Waals surface area (Å²) < 4.78 is 0. The molecular weight excluding hydrogens is 232 g/mol. The van der Waals surface area contributed by atoms with Crippen molar-refractivity contribution in [3.05, 3.63) is 35.4 Å². The quantitative estimate of drug-likeness (QED) is 0.706. The van der Waals surface area contributed by atoms with E-state index in [-0.39, 0.29) is 5.54 Å². The molecule has 1 aromatic rings. The maximum Gasteiger partial charge on any atom is 0.0109 e. The highest BCUT2D eigenvalue weighted by Gasteiger charge is 2.08. The number of hydrogen-bond acceptors (Lipinski definition) is 2. The second-order valence-electron chi connectivity index (χ2n) is 6.65. The second kappa shape index (κ2) is 7.66. The van der Waals surface area contributed by atoms with Crippen LogP contribution in [0.1, 0.15) is 45.2 Å². The third kappa shape index (κ3) is 8.02. The van der Waals surface area contributed by atoms with E-state index in [9.17, 15) is 0 Å². The fourth-order valence-corrected chi connectivity index (χ4v) is 2.08. The zero-order valence-corrected chi connectivity index (χ0v) is 13.0. The van der Waals surface area contributed by atoms with Crippen LogP contribution in [0, 0.1) is 5.92 Å².